The lowest BCUT2D eigenvalue weighted by Crippen LogP contribution is -1.89. The third-order valence-corrected chi connectivity index (χ3v) is 2.37. The summed E-state index contributed by atoms with van der Waals surface area (Å²) in [7, 11) is 0. The van der Waals surface area contributed by atoms with E-state index in [0.29, 0.717) is 17.0 Å². The molecule has 5 heteroatoms. The fraction of sp³-hybridized carbons (Fsp3) is 0.182. The van der Waals surface area contributed by atoms with Crippen LogP contribution < -0.4 is 5.73 Å². The maximum absolute atomic E-state index is 9.82. The number of aromatic nitrogens is 1. The number of hydrogen-bond donors (Lipinski definition) is 2. The van der Waals surface area contributed by atoms with E-state index in [-0.39, 0.29) is 18.2 Å². The number of aryl methyl sites for hydroxylation is 2. The van der Waals surface area contributed by atoms with Gasteiger partial charge in [0, 0.05) is 5.56 Å². The molecule has 0 radical (unpaired) electrons. The lowest BCUT2D eigenvalue weighted by molar-refractivity contribution is 0.393. The predicted octanol–water partition coefficient (Wildman–Crippen LogP) is 2.67. The number of nitrogens with zero attached hydrogens (tertiary/aromatic N) is 1. The Hall–Kier alpha value is -1.68. The molecule has 0 saturated heterocycles. The third kappa shape index (κ3) is 1.84. The van der Waals surface area contributed by atoms with Gasteiger partial charge in [0.2, 0.25) is 0 Å². The van der Waals surface area contributed by atoms with Gasteiger partial charge in [-0.15, -0.1) is 12.4 Å². The molecule has 2 rings (SSSR count). The van der Waals surface area contributed by atoms with E-state index in [1.165, 1.54) is 0 Å². The number of anilines is 1. The van der Waals surface area contributed by atoms with Gasteiger partial charge >= 0.3 is 0 Å². The van der Waals surface area contributed by atoms with Crippen LogP contribution in [0.4, 0.5) is 5.69 Å². The van der Waals surface area contributed by atoms with E-state index in [0.717, 1.165) is 11.3 Å². The molecule has 1 heterocycles. The zero-order valence-corrected chi connectivity index (χ0v) is 9.84. The number of para-hydroxylation sites is 1. The zero-order chi connectivity index (χ0) is 11.0. The minimum Gasteiger partial charge on any atom is -0.505 e. The lowest BCUT2D eigenvalue weighted by Gasteiger charge is -2.05. The molecule has 0 unspecified atom stereocenters. The van der Waals surface area contributed by atoms with Gasteiger partial charge in [-0.25, -0.2) is 0 Å². The van der Waals surface area contributed by atoms with Crippen LogP contribution in [0.2, 0.25) is 0 Å². The quantitative estimate of drug-likeness (QED) is 0.594. The number of phenols is 1. The van der Waals surface area contributed by atoms with Crippen molar-refractivity contribution in [1.29, 1.82) is 0 Å². The summed E-state index contributed by atoms with van der Waals surface area (Å²) in [6.07, 6.45) is 0. The van der Waals surface area contributed by atoms with E-state index >= 15 is 0 Å². The number of nitrogen functional groups attached to an aromatic ring is 1. The molecule has 0 aliphatic heterocycles. The molecule has 0 atom stereocenters. The standard InChI is InChI=1S/C11H12N2O2.ClH/c1-6-10(7(2)15-13-6)8-4-3-5-9(12)11(8)14;/h3-5,14H,12H2,1-2H3;1H. The molecule has 0 aliphatic carbocycles. The van der Waals surface area contributed by atoms with E-state index in [1.807, 2.05) is 6.92 Å². The van der Waals surface area contributed by atoms with E-state index in [4.69, 9.17) is 10.3 Å². The first kappa shape index (κ1) is 12.4. The first-order valence-electron chi connectivity index (χ1n) is 4.62. The number of benzene rings is 1. The highest BCUT2D eigenvalue weighted by atomic mass is 35.5. The summed E-state index contributed by atoms with van der Waals surface area (Å²) in [6, 6.07) is 5.23. The molecule has 0 amide bonds. The van der Waals surface area contributed by atoms with Gasteiger partial charge in [0.25, 0.3) is 0 Å². The van der Waals surface area contributed by atoms with Crippen LogP contribution >= 0.6 is 12.4 Å². The van der Waals surface area contributed by atoms with Gasteiger partial charge in [-0.3, -0.25) is 0 Å². The van der Waals surface area contributed by atoms with Gasteiger partial charge in [-0.05, 0) is 19.9 Å². The summed E-state index contributed by atoms with van der Waals surface area (Å²) in [5.41, 5.74) is 8.19. The molecular formula is C11H13ClN2O2. The van der Waals surface area contributed by atoms with Gasteiger partial charge in [0.05, 0.1) is 16.9 Å². The van der Waals surface area contributed by atoms with E-state index in [9.17, 15) is 5.11 Å². The Labute approximate surface area is 99.5 Å². The fourth-order valence-electron chi connectivity index (χ4n) is 1.63. The topological polar surface area (TPSA) is 72.3 Å². The van der Waals surface area contributed by atoms with Crippen molar-refractivity contribution in [2.75, 3.05) is 5.73 Å². The molecule has 1 aromatic carbocycles. The van der Waals surface area contributed by atoms with Crippen molar-refractivity contribution >= 4 is 18.1 Å². The van der Waals surface area contributed by atoms with Crippen LogP contribution in [-0.2, 0) is 0 Å². The summed E-state index contributed by atoms with van der Waals surface area (Å²) >= 11 is 0. The van der Waals surface area contributed by atoms with Crippen LogP contribution in [0, 0.1) is 13.8 Å². The summed E-state index contributed by atoms with van der Waals surface area (Å²) in [5.74, 6) is 0.750. The predicted molar refractivity (Wildman–Crippen MR) is 64.7 cm³/mol. The van der Waals surface area contributed by atoms with Gasteiger partial charge in [-0.2, -0.15) is 0 Å². The molecule has 86 valence electrons. The van der Waals surface area contributed by atoms with Crippen LogP contribution in [0.1, 0.15) is 11.5 Å². The monoisotopic (exact) mass is 240 g/mol. The first-order chi connectivity index (χ1) is 7.11. The summed E-state index contributed by atoms with van der Waals surface area (Å²) in [5, 5.41) is 13.7. The fourth-order valence-corrected chi connectivity index (χ4v) is 1.63. The highest BCUT2D eigenvalue weighted by Gasteiger charge is 2.15. The molecule has 0 spiro atoms. The van der Waals surface area contributed by atoms with Crippen molar-refractivity contribution in [3.05, 3.63) is 29.7 Å². The Morgan fingerprint density at radius 1 is 1.31 bits per heavy atom. The van der Waals surface area contributed by atoms with Crippen LogP contribution in [0.15, 0.2) is 22.7 Å². The smallest absolute Gasteiger partial charge is 0.146 e. The van der Waals surface area contributed by atoms with Gasteiger partial charge < -0.3 is 15.4 Å². The molecule has 0 saturated carbocycles. The van der Waals surface area contributed by atoms with Gasteiger partial charge in [-0.1, -0.05) is 17.3 Å². The highest BCUT2D eigenvalue weighted by molar-refractivity contribution is 5.85. The minimum atomic E-state index is 0. The van der Waals surface area contributed by atoms with Gasteiger partial charge in [0.1, 0.15) is 11.5 Å². The molecule has 3 N–H and O–H groups in total. The second-order valence-corrected chi connectivity index (χ2v) is 3.44. The number of aromatic hydroxyl groups is 1. The number of halogens is 1. The van der Waals surface area contributed by atoms with Crippen molar-refractivity contribution in [2.24, 2.45) is 0 Å². The largest absolute Gasteiger partial charge is 0.505 e. The van der Waals surface area contributed by atoms with Crippen molar-refractivity contribution in [1.82, 2.24) is 5.16 Å². The van der Waals surface area contributed by atoms with Crippen molar-refractivity contribution in [2.45, 2.75) is 13.8 Å². The maximum atomic E-state index is 9.82. The zero-order valence-electron chi connectivity index (χ0n) is 9.02. The second kappa shape index (κ2) is 4.45. The number of nitrogens with two attached hydrogens (primary N) is 1. The summed E-state index contributed by atoms with van der Waals surface area (Å²) < 4.78 is 5.04. The van der Waals surface area contributed by atoms with E-state index in [2.05, 4.69) is 5.16 Å². The minimum absolute atomic E-state index is 0. The Balaban J connectivity index is 0.00000128. The average Bonchev–Trinajstić information content (AvgIpc) is 2.52. The Morgan fingerprint density at radius 2 is 2.00 bits per heavy atom. The summed E-state index contributed by atoms with van der Waals surface area (Å²) in [6.45, 7) is 3.63. The molecular weight excluding hydrogens is 228 g/mol. The highest BCUT2D eigenvalue weighted by Crippen LogP contribution is 2.36. The van der Waals surface area contributed by atoms with Gasteiger partial charge in [0.15, 0.2) is 0 Å². The maximum Gasteiger partial charge on any atom is 0.146 e. The Bertz CT molecular complexity index is 489. The van der Waals surface area contributed by atoms with Crippen LogP contribution in [0.5, 0.6) is 5.75 Å². The number of phenolic OH excluding ortho intramolecular Hbond substituents is 1. The number of hydrogen-bond acceptors (Lipinski definition) is 4. The molecule has 1 aromatic heterocycles. The molecule has 0 bridgehead atoms. The van der Waals surface area contributed by atoms with E-state index in [1.54, 1.807) is 25.1 Å². The Morgan fingerprint density at radius 3 is 2.56 bits per heavy atom. The third-order valence-electron chi connectivity index (χ3n) is 2.37. The Kier molecular flexibility index (Phi) is 3.44. The second-order valence-electron chi connectivity index (χ2n) is 3.44. The van der Waals surface area contributed by atoms with Crippen molar-refractivity contribution in [3.8, 4) is 16.9 Å². The molecule has 2 aromatic rings. The first-order valence-corrected chi connectivity index (χ1v) is 4.62. The molecule has 0 fully saturated rings. The molecule has 0 aliphatic rings. The van der Waals surface area contributed by atoms with Crippen LogP contribution in [0.3, 0.4) is 0 Å². The number of rotatable bonds is 1. The normalized spacial score (nSPS) is 9.88. The van der Waals surface area contributed by atoms with Crippen LogP contribution in [-0.4, -0.2) is 10.3 Å². The van der Waals surface area contributed by atoms with Crippen molar-refractivity contribution in [3.63, 3.8) is 0 Å². The molecule has 16 heavy (non-hydrogen) atoms. The van der Waals surface area contributed by atoms with Crippen molar-refractivity contribution < 1.29 is 9.63 Å². The average molecular weight is 241 g/mol. The lowest BCUT2D eigenvalue weighted by atomic mass is 10.0. The molecule has 4 nitrogen and oxygen atoms in total. The summed E-state index contributed by atoms with van der Waals surface area (Å²) in [4.78, 5) is 0. The van der Waals surface area contributed by atoms with E-state index < -0.39 is 0 Å². The SMILES string of the molecule is Cc1noc(C)c1-c1cccc(N)c1O.Cl. The van der Waals surface area contributed by atoms with Crippen LogP contribution in [0.25, 0.3) is 11.1 Å².